The Morgan fingerprint density at radius 2 is 1.78 bits per heavy atom. The van der Waals surface area contributed by atoms with Crippen LogP contribution in [0.15, 0.2) is 11.6 Å². The number of carbonyl (C=O) groups is 2. The average molecular weight is 569 g/mol. The molecule has 6 aliphatic rings. The quantitative estimate of drug-likeness (QED) is 0.415. The van der Waals surface area contributed by atoms with E-state index >= 15 is 0 Å². The molecule has 0 aromatic rings. The summed E-state index contributed by atoms with van der Waals surface area (Å²) in [5.74, 6) is 4.08. The number of hydrogen-bond donors (Lipinski definition) is 1. The molecule has 2 saturated heterocycles. The van der Waals surface area contributed by atoms with E-state index in [4.69, 9.17) is 4.74 Å². The van der Waals surface area contributed by atoms with Gasteiger partial charge in [0.15, 0.2) is 0 Å². The molecule has 41 heavy (non-hydrogen) atoms. The predicted octanol–water partition coefficient (Wildman–Crippen LogP) is 5.97. The molecule has 5 fully saturated rings. The number of aliphatic hydroxyl groups excluding tert-OH is 1. The number of aliphatic hydroxyl groups is 1. The van der Waals surface area contributed by atoms with Gasteiger partial charge < -0.3 is 19.6 Å². The van der Waals surface area contributed by atoms with Crippen LogP contribution in [0.3, 0.4) is 0 Å². The Balaban J connectivity index is 1.02. The number of ether oxygens (including phenoxy) is 1. The SMILES string of the molecule is CC(CCC(=O)N1CCC(N2CCOC(C)(C)C2=O)CC1)[C@H]1CC[C@H]2[C@@H]3CC=C4C[C@@H](O)CC[C@]4(C)[C@H]3CC[C@]12C. The second-order valence-corrected chi connectivity index (χ2v) is 15.9. The van der Waals surface area contributed by atoms with Gasteiger partial charge in [-0.3, -0.25) is 9.59 Å². The van der Waals surface area contributed by atoms with Crippen LogP contribution in [0.2, 0.25) is 0 Å². The Morgan fingerprint density at radius 3 is 2.54 bits per heavy atom. The Morgan fingerprint density at radius 1 is 1.02 bits per heavy atom. The molecule has 6 rings (SSSR count). The lowest BCUT2D eigenvalue weighted by atomic mass is 9.47. The summed E-state index contributed by atoms with van der Waals surface area (Å²) in [6.45, 7) is 14.1. The molecule has 0 aromatic heterocycles. The zero-order valence-corrected chi connectivity index (χ0v) is 26.5. The number of rotatable bonds is 5. The van der Waals surface area contributed by atoms with Gasteiger partial charge in [0.2, 0.25) is 5.91 Å². The molecule has 230 valence electrons. The number of amides is 2. The molecule has 8 atom stereocenters. The van der Waals surface area contributed by atoms with Crippen molar-refractivity contribution in [2.24, 2.45) is 40.4 Å². The number of hydrogen-bond acceptors (Lipinski definition) is 4. The number of piperidine rings is 1. The first-order chi connectivity index (χ1) is 19.4. The number of likely N-dealkylation sites (tertiary alicyclic amines) is 1. The minimum atomic E-state index is -0.732. The van der Waals surface area contributed by atoms with Crippen LogP contribution in [0.1, 0.15) is 112 Å². The van der Waals surface area contributed by atoms with Crippen LogP contribution in [0.4, 0.5) is 0 Å². The van der Waals surface area contributed by atoms with Gasteiger partial charge in [0.05, 0.1) is 12.7 Å². The molecule has 0 bridgehead atoms. The number of nitrogens with zero attached hydrogens (tertiary/aromatic N) is 2. The lowest BCUT2D eigenvalue weighted by molar-refractivity contribution is -0.170. The molecule has 0 radical (unpaired) electrons. The van der Waals surface area contributed by atoms with E-state index in [1.54, 1.807) is 5.57 Å². The molecule has 2 aliphatic heterocycles. The molecular weight excluding hydrogens is 512 g/mol. The summed E-state index contributed by atoms with van der Waals surface area (Å²) in [6, 6.07) is 0.228. The smallest absolute Gasteiger partial charge is 0.254 e. The monoisotopic (exact) mass is 568 g/mol. The molecular formula is C35H56N2O4. The zero-order valence-electron chi connectivity index (χ0n) is 26.5. The fraction of sp³-hybridized carbons (Fsp3) is 0.886. The van der Waals surface area contributed by atoms with E-state index < -0.39 is 5.60 Å². The predicted molar refractivity (Wildman–Crippen MR) is 161 cm³/mol. The molecule has 6 heteroatoms. The summed E-state index contributed by atoms with van der Waals surface area (Å²) in [7, 11) is 0. The van der Waals surface area contributed by atoms with Gasteiger partial charge in [-0.1, -0.05) is 32.4 Å². The average Bonchev–Trinajstić information content (AvgIpc) is 3.31. The Kier molecular flexibility index (Phi) is 7.92. The number of morpholine rings is 1. The first-order valence-electron chi connectivity index (χ1n) is 17.0. The van der Waals surface area contributed by atoms with Gasteiger partial charge in [0.1, 0.15) is 5.60 Å². The summed E-state index contributed by atoms with van der Waals surface area (Å²) in [5.41, 5.74) is 1.53. The fourth-order valence-electron chi connectivity index (χ4n) is 11.0. The highest BCUT2D eigenvalue weighted by Crippen LogP contribution is 2.67. The second kappa shape index (κ2) is 10.9. The number of fused-ring (bicyclic) bond motifs is 5. The van der Waals surface area contributed by atoms with Crippen molar-refractivity contribution in [3.63, 3.8) is 0 Å². The second-order valence-electron chi connectivity index (χ2n) is 15.9. The largest absolute Gasteiger partial charge is 0.393 e. The van der Waals surface area contributed by atoms with Gasteiger partial charge >= 0.3 is 0 Å². The Bertz CT molecular complexity index is 1050. The molecule has 0 spiro atoms. The maximum absolute atomic E-state index is 13.3. The topological polar surface area (TPSA) is 70.1 Å². The molecule has 4 aliphatic carbocycles. The van der Waals surface area contributed by atoms with Crippen LogP contribution in [0, 0.1) is 40.4 Å². The highest BCUT2D eigenvalue weighted by molar-refractivity contribution is 5.85. The minimum absolute atomic E-state index is 0.0936. The van der Waals surface area contributed by atoms with Crippen LogP contribution in [0.25, 0.3) is 0 Å². The van der Waals surface area contributed by atoms with Gasteiger partial charge in [-0.2, -0.15) is 0 Å². The van der Waals surface area contributed by atoms with Crippen molar-refractivity contribution in [2.75, 3.05) is 26.2 Å². The minimum Gasteiger partial charge on any atom is -0.393 e. The van der Waals surface area contributed by atoms with Crippen LogP contribution in [-0.4, -0.2) is 70.7 Å². The molecule has 1 unspecified atom stereocenters. The van der Waals surface area contributed by atoms with Gasteiger partial charge in [0.25, 0.3) is 5.91 Å². The molecule has 6 nitrogen and oxygen atoms in total. The number of carbonyl (C=O) groups excluding carboxylic acids is 2. The highest BCUT2D eigenvalue weighted by atomic mass is 16.5. The van der Waals surface area contributed by atoms with E-state index in [0.29, 0.717) is 48.1 Å². The van der Waals surface area contributed by atoms with Crippen molar-refractivity contribution in [2.45, 2.75) is 129 Å². The summed E-state index contributed by atoms with van der Waals surface area (Å²) < 4.78 is 5.68. The van der Waals surface area contributed by atoms with Crippen LogP contribution >= 0.6 is 0 Å². The van der Waals surface area contributed by atoms with Gasteiger partial charge in [-0.25, -0.2) is 0 Å². The molecule has 1 N–H and O–H groups in total. The summed E-state index contributed by atoms with van der Waals surface area (Å²) >= 11 is 0. The first kappa shape index (κ1) is 29.7. The van der Waals surface area contributed by atoms with Crippen molar-refractivity contribution in [3.8, 4) is 0 Å². The summed E-state index contributed by atoms with van der Waals surface area (Å²) in [4.78, 5) is 30.3. The van der Waals surface area contributed by atoms with Gasteiger partial charge in [-0.15, -0.1) is 0 Å². The van der Waals surface area contributed by atoms with E-state index in [1.807, 2.05) is 18.7 Å². The maximum Gasteiger partial charge on any atom is 0.254 e. The summed E-state index contributed by atoms with van der Waals surface area (Å²) in [5, 5.41) is 10.3. The van der Waals surface area contributed by atoms with Crippen LogP contribution < -0.4 is 0 Å². The standard InChI is InChI=1S/C35H56N2O4/c1-23(6-11-31(39)36-18-14-25(15-19-36)37-20-21-41-33(2,3)32(37)40)28-9-10-29-27-8-7-24-22-26(38)12-16-34(24,4)30(27)13-17-35(28,29)5/h7,23,25-30,38H,6,8-22H2,1-5H3/t23?,26-,27-,28+,29-,30-,34-,35+/m0/s1. The Hall–Kier alpha value is -1.40. The van der Waals surface area contributed by atoms with E-state index in [-0.39, 0.29) is 18.1 Å². The van der Waals surface area contributed by atoms with Crippen molar-refractivity contribution >= 4 is 11.8 Å². The van der Waals surface area contributed by atoms with Gasteiger partial charge in [0, 0.05) is 32.1 Å². The molecule has 2 heterocycles. The maximum atomic E-state index is 13.3. The summed E-state index contributed by atoms with van der Waals surface area (Å²) in [6.07, 6.45) is 15.4. The van der Waals surface area contributed by atoms with Crippen LogP contribution in [-0.2, 0) is 14.3 Å². The molecule has 2 amide bonds. The molecule has 3 saturated carbocycles. The molecule has 0 aromatic carbocycles. The third-order valence-electron chi connectivity index (χ3n) is 13.5. The normalized spacial score (nSPS) is 41.8. The van der Waals surface area contributed by atoms with Gasteiger partial charge in [-0.05, 0) is 125 Å². The first-order valence-corrected chi connectivity index (χ1v) is 17.0. The Labute approximate surface area is 248 Å². The van der Waals surface area contributed by atoms with Crippen LogP contribution in [0.5, 0.6) is 0 Å². The number of allylic oxidation sites excluding steroid dienone is 1. The van der Waals surface area contributed by atoms with Crippen molar-refractivity contribution < 1.29 is 19.4 Å². The van der Waals surface area contributed by atoms with E-state index in [0.717, 1.165) is 69.4 Å². The van der Waals surface area contributed by atoms with Crippen molar-refractivity contribution in [1.29, 1.82) is 0 Å². The van der Waals surface area contributed by atoms with E-state index in [9.17, 15) is 14.7 Å². The zero-order chi connectivity index (χ0) is 29.2. The third-order valence-corrected chi connectivity index (χ3v) is 13.5. The lowest BCUT2D eigenvalue weighted by Crippen LogP contribution is -2.58. The van der Waals surface area contributed by atoms with E-state index in [1.165, 1.54) is 32.1 Å². The highest BCUT2D eigenvalue weighted by Gasteiger charge is 2.59. The van der Waals surface area contributed by atoms with Crippen molar-refractivity contribution in [3.05, 3.63) is 11.6 Å². The lowest BCUT2D eigenvalue weighted by Gasteiger charge is -2.58. The third kappa shape index (κ3) is 5.11. The fourth-order valence-corrected chi connectivity index (χ4v) is 11.0. The van der Waals surface area contributed by atoms with E-state index in [2.05, 4.69) is 31.7 Å². The van der Waals surface area contributed by atoms with Crippen molar-refractivity contribution in [1.82, 2.24) is 9.80 Å².